The number of thiophene rings is 1. The average Bonchev–Trinajstić information content (AvgIpc) is 2.58. The Morgan fingerprint density at radius 2 is 2.12 bits per heavy atom. The van der Waals surface area contributed by atoms with Gasteiger partial charge in [0, 0.05) is 9.75 Å². The third-order valence-electron chi connectivity index (χ3n) is 2.33. The van der Waals surface area contributed by atoms with Gasteiger partial charge in [0.05, 0.1) is 18.9 Å². The topological polar surface area (TPSA) is 63.8 Å². The smallest absolute Gasteiger partial charge is 0.144 e. The zero-order chi connectivity index (χ0) is 11.5. The van der Waals surface area contributed by atoms with E-state index in [-0.39, 0.29) is 0 Å². The molecule has 16 heavy (non-hydrogen) atoms. The monoisotopic (exact) mass is 234 g/mol. The molecule has 84 valence electrons. The molecular weight excluding hydrogens is 220 g/mol. The molecule has 0 saturated heterocycles. The van der Waals surface area contributed by atoms with E-state index in [1.807, 2.05) is 0 Å². The van der Waals surface area contributed by atoms with Gasteiger partial charge in [-0.15, -0.1) is 11.3 Å². The fourth-order valence-electron chi connectivity index (χ4n) is 1.34. The molecule has 0 aliphatic heterocycles. The average molecular weight is 234 g/mol. The number of nitrogens with one attached hydrogen (secondary N) is 1. The van der Waals surface area contributed by atoms with Gasteiger partial charge in [-0.05, 0) is 25.5 Å². The molecule has 2 aromatic heterocycles. The Bertz CT molecular complexity index is 456. The summed E-state index contributed by atoms with van der Waals surface area (Å²) in [6.45, 7) is 5.03. The van der Waals surface area contributed by atoms with Crippen LogP contribution in [0.2, 0.25) is 0 Å². The summed E-state index contributed by atoms with van der Waals surface area (Å²) in [5.74, 6) is 1.19. The Morgan fingerprint density at radius 3 is 2.69 bits per heavy atom. The second kappa shape index (κ2) is 4.49. The minimum atomic E-state index is 0.438. The summed E-state index contributed by atoms with van der Waals surface area (Å²) >= 11 is 1.80. The molecule has 0 unspecified atom stereocenters. The van der Waals surface area contributed by atoms with Crippen LogP contribution in [0.25, 0.3) is 0 Å². The van der Waals surface area contributed by atoms with E-state index >= 15 is 0 Å². The molecule has 4 nitrogen and oxygen atoms in total. The molecule has 0 fully saturated rings. The van der Waals surface area contributed by atoms with Crippen molar-refractivity contribution in [3.63, 3.8) is 0 Å². The van der Waals surface area contributed by atoms with Crippen molar-refractivity contribution in [1.29, 1.82) is 0 Å². The molecule has 0 amide bonds. The van der Waals surface area contributed by atoms with Gasteiger partial charge in [-0.25, -0.2) is 9.97 Å². The molecule has 0 aromatic carbocycles. The molecule has 0 aliphatic carbocycles. The number of nitrogens with zero attached hydrogens (tertiary/aromatic N) is 2. The summed E-state index contributed by atoms with van der Waals surface area (Å²) in [5, 5.41) is 3.21. The lowest BCUT2D eigenvalue weighted by molar-refractivity contribution is 1.11. The van der Waals surface area contributed by atoms with Gasteiger partial charge >= 0.3 is 0 Å². The number of nitrogen functional groups attached to an aromatic ring is 1. The van der Waals surface area contributed by atoms with Crippen molar-refractivity contribution in [2.45, 2.75) is 20.4 Å². The molecular formula is C11H14N4S. The summed E-state index contributed by atoms with van der Waals surface area (Å²) in [6, 6.07) is 2.19. The Labute approximate surface area is 98.6 Å². The summed E-state index contributed by atoms with van der Waals surface area (Å²) < 4.78 is 0. The molecule has 3 N–H and O–H groups in total. The highest BCUT2D eigenvalue weighted by Crippen LogP contribution is 2.21. The predicted molar refractivity (Wildman–Crippen MR) is 67.6 cm³/mol. The van der Waals surface area contributed by atoms with Crippen LogP contribution in [0.3, 0.4) is 0 Å². The second-order valence-electron chi connectivity index (χ2n) is 3.63. The van der Waals surface area contributed by atoms with Crippen molar-refractivity contribution < 1.29 is 0 Å². The van der Waals surface area contributed by atoms with E-state index in [1.165, 1.54) is 15.3 Å². The van der Waals surface area contributed by atoms with Gasteiger partial charge in [-0.1, -0.05) is 0 Å². The number of aryl methyl sites for hydroxylation is 2. The van der Waals surface area contributed by atoms with E-state index in [4.69, 9.17) is 5.73 Å². The molecule has 0 aliphatic rings. The SMILES string of the molecule is Cc1cc(CNc2cnc(N)cn2)sc1C. The first kappa shape index (κ1) is 10.9. The van der Waals surface area contributed by atoms with Gasteiger partial charge in [0.2, 0.25) is 0 Å². The zero-order valence-corrected chi connectivity index (χ0v) is 10.1. The predicted octanol–water partition coefficient (Wildman–Crippen LogP) is 2.35. The van der Waals surface area contributed by atoms with Crippen molar-refractivity contribution >= 4 is 23.0 Å². The molecule has 0 saturated carbocycles. The van der Waals surface area contributed by atoms with Gasteiger partial charge < -0.3 is 11.1 Å². The maximum absolute atomic E-state index is 5.46. The zero-order valence-electron chi connectivity index (χ0n) is 9.32. The van der Waals surface area contributed by atoms with Gasteiger partial charge in [-0.2, -0.15) is 0 Å². The van der Waals surface area contributed by atoms with E-state index < -0.39 is 0 Å². The Kier molecular flexibility index (Phi) is 3.05. The van der Waals surface area contributed by atoms with Crippen LogP contribution < -0.4 is 11.1 Å². The third kappa shape index (κ3) is 2.49. The maximum atomic E-state index is 5.46. The first-order valence-corrected chi connectivity index (χ1v) is 5.84. The lowest BCUT2D eigenvalue weighted by Gasteiger charge is -2.02. The quantitative estimate of drug-likeness (QED) is 0.855. The summed E-state index contributed by atoms with van der Waals surface area (Å²) in [7, 11) is 0. The Morgan fingerprint density at radius 1 is 1.31 bits per heavy atom. The van der Waals surface area contributed by atoms with Gasteiger partial charge in [0.25, 0.3) is 0 Å². The van der Waals surface area contributed by atoms with Crippen LogP contribution >= 0.6 is 11.3 Å². The Balaban J connectivity index is 1.99. The van der Waals surface area contributed by atoms with Crippen molar-refractivity contribution in [2.75, 3.05) is 11.1 Å². The third-order valence-corrected chi connectivity index (χ3v) is 3.49. The summed E-state index contributed by atoms with van der Waals surface area (Å²) in [4.78, 5) is 10.8. The number of hydrogen-bond donors (Lipinski definition) is 2. The molecule has 0 radical (unpaired) electrons. The standard InChI is InChI=1S/C11H14N4S/c1-7-3-9(16-8(7)2)4-14-11-6-13-10(12)5-15-11/h3,5-6H,4H2,1-2H3,(H2,12,13)(H,14,15). The highest BCUT2D eigenvalue weighted by Gasteiger charge is 2.01. The minimum Gasteiger partial charge on any atom is -0.382 e. The van der Waals surface area contributed by atoms with Crippen LogP contribution in [0, 0.1) is 13.8 Å². The molecule has 0 atom stereocenters. The van der Waals surface area contributed by atoms with Gasteiger partial charge in [0.15, 0.2) is 0 Å². The van der Waals surface area contributed by atoms with Crippen LogP contribution in [0.5, 0.6) is 0 Å². The van der Waals surface area contributed by atoms with E-state index in [0.29, 0.717) is 5.82 Å². The van der Waals surface area contributed by atoms with Gasteiger partial charge in [0.1, 0.15) is 11.6 Å². The van der Waals surface area contributed by atoms with Crippen LogP contribution in [0.15, 0.2) is 18.5 Å². The van der Waals surface area contributed by atoms with Crippen molar-refractivity contribution in [3.05, 3.63) is 33.8 Å². The first-order chi connectivity index (χ1) is 7.65. The number of rotatable bonds is 3. The Hall–Kier alpha value is -1.62. The van der Waals surface area contributed by atoms with E-state index in [0.717, 1.165) is 12.4 Å². The van der Waals surface area contributed by atoms with Crippen molar-refractivity contribution in [2.24, 2.45) is 0 Å². The van der Waals surface area contributed by atoms with E-state index in [1.54, 1.807) is 23.7 Å². The molecule has 2 aromatic rings. The normalized spacial score (nSPS) is 10.4. The van der Waals surface area contributed by atoms with Gasteiger partial charge in [-0.3, -0.25) is 0 Å². The van der Waals surface area contributed by atoms with Crippen molar-refractivity contribution in [1.82, 2.24) is 9.97 Å². The van der Waals surface area contributed by atoms with E-state index in [2.05, 4.69) is 35.2 Å². The molecule has 2 heterocycles. The minimum absolute atomic E-state index is 0.438. The summed E-state index contributed by atoms with van der Waals surface area (Å²) in [6.07, 6.45) is 3.19. The molecule has 2 rings (SSSR count). The number of nitrogens with two attached hydrogens (primary N) is 1. The first-order valence-electron chi connectivity index (χ1n) is 5.02. The number of hydrogen-bond acceptors (Lipinski definition) is 5. The van der Waals surface area contributed by atoms with Crippen molar-refractivity contribution in [3.8, 4) is 0 Å². The largest absolute Gasteiger partial charge is 0.382 e. The maximum Gasteiger partial charge on any atom is 0.144 e. The molecule has 0 bridgehead atoms. The van der Waals surface area contributed by atoms with Crippen LogP contribution in [0.4, 0.5) is 11.6 Å². The fraction of sp³-hybridized carbons (Fsp3) is 0.273. The van der Waals surface area contributed by atoms with E-state index in [9.17, 15) is 0 Å². The highest BCUT2D eigenvalue weighted by atomic mass is 32.1. The number of anilines is 2. The lowest BCUT2D eigenvalue weighted by Crippen LogP contribution is -2.01. The lowest BCUT2D eigenvalue weighted by atomic mass is 10.3. The number of aromatic nitrogens is 2. The van der Waals surface area contributed by atoms with Crippen LogP contribution in [-0.2, 0) is 6.54 Å². The molecule has 5 heteroatoms. The van der Waals surface area contributed by atoms with Crippen LogP contribution in [-0.4, -0.2) is 9.97 Å². The fourth-order valence-corrected chi connectivity index (χ4v) is 2.34. The van der Waals surface area contributed by atoms with Crippen LogP contribution in [0.1, 0.15) is 15.3 Å². The molecule has 0 spiro atoms. The second-order valence-corrected chi connectivity index (χ2v) is 4.97. The highest BCUT2D eigenvalue weighted by molar-refractivity contribution is 7.12. The summed E-state index contributed by atoms with van der Waals surface area (Å²) in [5.41, 5.74) is 6.80.